The molecule has 0 unspecified atom stereocenters. The number of ketones is 1. The number of hydrogen-bond acceptors (Lipinski definition) is 6. The summed E-state index contributed by atoms with van der Waals surface area (Å²) in [5.74, 6) is -0.767. The Balaban J connectivity index is 1.66. The number of benzene rings is 3. The van der Waals surface area contributed by atoms with Gasteiger partial charge < -0.3 is 4.74 Å². The van der Waals surface area contributed by atoms with E-state index in [0.717, 1.165) is 22.3 Å². The molecule has 0 bridgehead atoms. The number of carbonyl (C=O) groups is 2. The Kier molecular flexibility index (Phi) is 4.97. The summed E-state index contributed by atoms with van der Waals surface area (Å²) in [6, 6.07) is 25.7. The quantitative estimate of drug-likeness (QED) is 0.503. The summed E-state index contributed by atoms with van der Waals surface area (Å²) in [6.07, 6.45) is 1.78. The molecule has 6 nitrogen and oxygen atoms in total. The van der Waals surface area contributed by atoms with Crippen molar-refractivity contribution in [2.24, 2.45) is 15.5 Å². The van der Waals surface area contributed by atoms with Gasteiger partial charge in [0.1, 0.15) is 12.1 Å². The topological polar surface area (TPSA) is 71.3 Å². The van der Waals surface area contributed by atoms with Gasteiger partial charge in [0.05, 0.1) is 12.1 Å². The van der Waals surface area contributed by atoms with Gasteiger partial charge in [-0.25, -0.2) is 9.79 Å². The van der Waals surface area contributed by atoms with Crippen LogP contribution < -0.4 is 0 Å². The Morgan fingerprint density at radius 2 is 1.56 bits per heavy atom. The minimum absolute atomic E-state index is 0.00548. The van der Waals surface area contributed by atoms with Gasteiger partial charge in [-0.1, -0.05) is 93.6 Å². The zero-order valence-corrected chi connectivity index (χ0v) is 20.5. The molecule has 0 radical (unpaired) electrons. The zero-order chi connectivity index (χ0) is 25.1. The largest absolute Gasteiger partial charge is 0.405 e. The summed E-state index contributed by atoms with van der Waals surface area (Å²) in [5.41, 5.74) is 1.36. The van der Waals surface area contributed by atoms with E-state index in [9.17, 15) is 9.59 Å². The molecular weight excluding hydrogens is 450 g/mol. The maximum Gasteiger partial charge on any atom is 0.344 e. The van der Waals surface area contributed by atoms with Crippen molar-refractivity contribution in [1.82, 2.24) is 5.01 Å². The highest BCUT2D eigenvalue weighted by Crippen LogP contribution is 2.59. The third-order valence-electron chi connectivity index (χ3n) is 7.37. The highest BCUT2D eigenvalue weighted by atomic mass is 16.6. The molecule has 3 aliphatic rings. The molecule has 4 atom stereocenters. The van der Waals surface area contributed by atoms with E-state index >= 15 is 0 Å². The van der Waals surface area contributed by atoms with Crippen LogP contribution in [-0.2, 0) is 14.3 Å². The van der Waals surface area contributed by atoms with Crippen LogP contribution >= 0.6 is 0 Å². The number of Topliss-reactive ketones (excluding diaryl/α,β-unsaturated/α-hetero) is 1. The Morgan fingerprint density at radius 3 is 2.25 bits per heavy atom. The summed E-state index contributed by atoms with van der Waals surface area (Å²) in [6.45, 7) is 5.72. The van der Waals surface area contributed by atoms with Crippen molar-refractivity contribution in [3.8, 4) is 0 Å². The first kappa shape index (κ1) is 22.4. The van der Waals surface area contributed by atoms with Gasteiger partial charge in [-0.15, -0.1) is 0 Å². The average molecular weight is 478 g/mol. The lowest BCUT2D eigenvalue weighted by Gasteiger charge is -2.35. The van der Waals surface area contributed by atoms with Gasteiger partial charge in [-0.05, 0) is 28.8 Å². The number of rotatable bonds is 3. The van der Waals surface area contributed by atoms with Crippen molar-refractivity contribution < 1.29 is 14.3 Å². The minimum Gasteiger partial charge on any atom is -0.405 e. The van der Waals surface area contributed by atoms with Crippen LogP contribution in [0.5, 0.6) is 0 Å². The minimum atomic E-state index is -1.38. The molecule has 6 heteroatoms. The maximum atomic E-state index is 14.1. The van der Waals surface area contributed by atoms with E-state index in [0.29, 0.717) is 0 Å². The number of hydrogen-bond donors (Lipinski definition) is 0. The van der Waals surface area contributed by atoms with Gasteiger partial charge in [0.25, 0.3) is 0 Å². The maximum absolute atomic E-state index is 14.1. The van der Waals surface area contributed by atoms with Crippen LogP contribution in [0.4, 0.5) is 0 Å². The summed E-state index contributed by atoms with van der Waals surface area (Å²) in [4.78, 5) is 33.3. The zero-order valence-electron chi connectivity index (χ0n) is 20.5. The van der Waals surface area contributed by atoms with Gasteiger partial charge in [0.15, 0.2) is 11.3 Å². The van der Waals surface area contributed by atoms with Crippen molar-refractivity contribution >= 4 is 23.9 Å². The fourth-order valence-electron chi connectivity index (χ4n) is 5.74. The summed E-state index contributed by atoms with van der Waals surface area (Å²) < 4.78 is 5.94. The molecule has 3 aromatic rings. The first-order valence-electron chi connectivity index (χ1n) is 12.2. The molecule has 3 aromatic carbocycles. The predicted octanol–water partition coefficient (Wildman–Crippen LogP) is 4.90. The molecular formula is C30H27N3O3. The molecule has 3 heterocycles. The fourth-order valence-corrected chi connectivity index (χ4v) is 5.74. The second-order valence-electron chi connectivity index (χ2n) is 10.6. The lowest BCUT2D eigenvalue weighted by molar-refractivity contribution is -0.140. The average Bonchev–Trinajstić information content (AvgIpc) is 3.39. The van der Waals surface area contributed by atoms with E-state index in [-0.39, 0.29) is 11.7 Å². The van der Waals surface area contributed by atoms with Crippen molar-refractivity contribution in [2.45, 2.75) is 44.3 Å². The molecule has 6 rings (SSSR count). The number of ether oxygens (including phenoxy) is 1. The molecule has 0 aromatic heterocycles. The van der Waals surface area contributed by atoms with Crippen LogP contribution in [-0.4, -0.2) is 40.5 Å². The normalized spacial score (nSPS) is 26.4. The monoisotopic (exact) mass is 477 g/mol. The third kappa shape index (κ3) is 3.17. The van der Waals surface area contributed by atoms with Crippen LogP contribution in [0.2, 0.25) is 0 Å². The lowest BCUT2D eigenvalue weighted by Crippen LogP contribution is -2.45. The van der Waals surface area contributed by atoms with E-state index in [1.165, 1.54) is 0 Å². The van der Waals surface area contributed by atoms with Crippen molar-refractivity contribution in [1.29, 1.82) is 0 Å². The van der Waals surface area contributed by atoms with Crippen LogP contribution in [0.1, 0.15) is 55.0 Å². The molecule has 0 aliphatic carbocycles. The van der Waals surface area contributed by atoms with E-state index in [1.54, 1.807) is 6.21 Å². The van der Waals surface area contributed by atoms with Crippen molar-refractivity contribution in [2.75, 3.05) is 0 Å². The smallest absolute Gasteiger partial charge is 0.344 e. The standard InChI is InChI=1S/C30H27N3O3/c1-29(2,3)26(34)24-23(19-12-6-4-7-13-19)30(25-22-17-11-10-16-21(22)18-31-33(24)25)28(35)36-27(32-30)20-14-8-5-9-15-20/h4-18,23-25H,1-3H3/t23-,24+,25-,30+/m0/s1. The van der Waals surface area contributed by atoms with Crippen molar-refractivity contribution in [3.63, 3.8) is 0 Å². The number of hydrazone groups is 1. The second kappa shape index (κ2) is 7.98. The number of cyclic esters (lactones) is 1. The fraction of sp³-hybridized carbons (Fsp3) is 0.267. The number of carbonyl (C=O) groups excluding carboxylic acids is 2. The van der Waals surface area contributed by atoms with Gasteiger partial charge in [0, 0.05) is 11.0 Å². The number of fused-ring (bicyclic) bond motifs is 4. The van der Waals surface area contributed by atoms with Gasteiger partial charge in [-0.2, -0.15) is 5.10 Å². The molecule has 1 spiro atoms. The number of aliphatic imine (C=N–C) groups is 1. The lowest BCUT2D eigenvalue weighted by atomic mass is 9.70. The highest BCUT2D eigenvalue weighted by molar-refractivity contribution is 6.10. The summed E-state index contributed by atoms with van der Waals surface area (Å²) in [5, 5.41) is 6.60. The van der Waals surface area contributed by atoms with Gasteiger partial charge in [0.2, 0.25) is 5.90 Å². The first-order valence-corrected chi connectivity index (χ1v) is 12.2. The summed E-state index contributed by atoms with van der Waals surface area (Å²) in [7, 11) is 0. The molecule has 180 valence electrons. The van der Waals surface area contributed by atoms with Crippen LogP contribution in [0.3, 0.4) is 0 Å². The molecule has 3 aliphatic heterocycles. The number of nitrogens with zero attached hydrogens (tertiary/aromatic N) is 3. The van der Waals surface area contributed by atoms with Gasteiger partial charge >= 0.3 is 5.97 Å². The Bertz CT molecular complexity index is 1410. The molecule has 1 fully saturated rings. The molecule has 36 heavy (non-hydrogen) atoms. The molecule has 0 N–H and O–H groups in total. The summed E-state index contributed by atoms with van der Waals surface area (Å²) >= 11 is 0. The van der Waals surface area contributed by atoms with Crippen LogP contribution in [0, 0.1) is 5.41 Å². The molecule has 1 saturated heterocycles. The first-order chi connectivity index (χ1) is 17.3. The van der Waals surface area contributed by atoms with Gasteiger partial charge in [-0.3, -0.25) is 9.80 Å². The highest BCUT2D eigenvalue weighted by Gasteiger charge is 2.71. The van der Waals surface area contributed by atoms with E-state index in [4.69, 9.17) is 14.8 Å². The second-order valence-corrected chi connectivity index (χ2v) is 10.6. The SMILES string of the molecule is CC(C)(C)C(=O)[C@H]1[C@H](c2ccccc2)[C@@]2(N=C(c3ccccc3)OC2=O)[C@@H]2c3ccccc3C=NN21. The Morgan fingerprint density at radius 1 is 0.917 bits per heavy atom. The Labute approximate surface area is 210 Å². The van der Waals surface area contributed by atoms with Crippen molar-refractivity contribution in [3.05, 3.63) is 107 Å². The van der Waals surface area contributed by atoms with E-state index in [2.05, 4.69) is 0 Å². The molecule has 0 saturated carbocycles. The predicted molar refractivity (Wildman–Crippen MR) is 138 cm³/mol. The van der Waals surface area contributed by atoms with E-state index in [1.807, 2.05) is 111 Å². The van der Waals surface area contributed by atoms with Crippen LogP contribution in [0.25, 0.3) is 0 Å². The number of esters is 1. The Hall–Kier alpha value is -4.06. The van der Waals surface area contributed by atoms with Crippen LogP contribution in [0.15, 0.2) is 95.0 Å². The van der Waals surface area contributed by atoms with E-state index < -0.39 is 34.9 Å². The molecule has 0 amide bonds. The third-order valence-corrected chi connectivity index (χ3v) is 7.37.